The molecule has 0 aliphatic carbocycles. The molecule has 2 aromatic carbocycles. The predicted octanol–water partition coefficient (Wildman–Crippen LogP) is 4.49. The van der Waals surface area contributed by atoms with Gasteiger partial charge in [-0.05, 0) is 68.1 Å². The Bertz CT molecular complexity index is 886. The lowest BCUT2D eigenvalue weighted by Crippen LogP contribution is -2.29. The molecule has 0 amide bonds. The van der Waals surface area contributed by atoms with Gasteiger partial charge in [0.25, 0.3) is 0 Å². The maximum absolute atomic E-state index is 13.7. The summed E-state index contributed by atoms with van der Waals surface area (Å²) in [6.07, 6.45) is 0. The lowest BCUT2D eigenvalue weighted by atomic mass is 9.92. The van der Waals surface area contributed by atoms with E-state index in [-0.39, 0.29) is 16.9 Å². The van der Waals surface area contributed by atoms with Gasteiger partial charge in [-0.25, -0.2) is 8.78 Å². The quantitative estimate of drug-likeness (QED) is 0.819. The van der Waals surface area contributed by atoms with Crippen LogP contribution in [-0.4, -0.2) is 11.4 Å². The molecule has 0 bridgehead atoms. The molecular formula is C19H17F2NO2S. The second kappa shape index (κ2) is 6.28. The van der Waals surface area contributed by atoms with Crippen molar-refractivity contribution >= 4 is 29.1 Å². The summed E-state index contributed by atoms with van der Waals surface area (Å²) in [6.45, 7) is 5.16. The van der Waals surface area contributed by atoms with Crippen LogP contribution < -0.4 is 5.14 Å². The SMILES string of the molecule is Cc1cc(C2=C(c3cc(F)cc(F)c3)C(=O)C(C)(C)O2)ccc1SN. The van der Waals surface area contributed by atoms with Crippen LogP contribution >= 0.6 is 11.9 Å². The van der Waals surface area contributed by atoms with Gasteiger partial charge in [0.05, 0.1) is 5.57 Å². The summed E-state index contributed by atoms with van der Waals surface area (Å²) in [7, 11) is 0. The lowest BCUT2D eigenvalue weighted by molar-refractivity contribution is -0.125. The van der Waals surface area contributed by atoms with E-state index < -0.39 is 17.2 Å². The van der Waals surface area contributed by atoms with Crippen molar-refractivity contribution in [1.29, 1.82) is 0 Å². The van der Waals surface area contributed by atoms with Crippen LogP contribution in [0.5, 0.6) is 0 Å². The van der Waals surface area contributed by atoms with Gasteiger partial charge >= 0.3 is 0 Å². The maximum Gasteiger partial charge on any atom is 0.210 e. The monoisotopic (exact) mass is 361 g/mol. The number of nitrogens with two attached hydrogens (primary N) is 1. The Balaban J connectivity index is 2.23. The van der Waals surface area contributed by atoms with Gasteiger partial charge in [0.1, 0.15) is 17.4 Å². The molecule has 1 heterocycles. The summed E-state index contributed by atoms with van der Waals surface area (Å²) in [5.74, 6) is -1.49. The van der Waals surface area contributed by atoms with E-state index in [1.165, 1.54) is 0 Å². The van der Waals surface area contributed by atoms with Crippen molar-refractivity contribution in [2.75, 3.05) is 0 Å². The molecule has 1 aliphatic rings. The van der Waals surface area contributed by atoms with Crippen LogP contribution in [0, 0.1) is 18.6 Å². The van der Waals surface area contributed by atoms with E-state index in [0.717, 1.165) is 40.6 Å². The van der Waals surface area contributed by atoms with Gasteiger partial charge in [-0.15, -0.1) is 0 Å². The normalized spacial score (nSPS) is 16.3. The van der Waals surface area contributed by atoms with Crippen molar-refractivity contribution in [2.45, 2.75) is 31.3 Å². The Kier molecular flexibility index (Phi) is 4.43. The number of aryl methyl sites for hydroxylation is 1. The van der Waals surface area contributed by atoms with Crippen LogP contribution in [0.1, 0.15) is 30.5 Å². The number of halogens is 2. The Morgan fingerprint density at radius 3 is 2.24 bits per heavy atom. The van der Waals surface area contributed by atoms with Crippen LogP contribution in [-0.2, 0) is 9.53 Å². The van der Waals surface area contributed by atoms with Crippen molar-refractivity contribution in [2.24, 2.45) is 5.14 Å². The number of ketones is 1. The van der Waals surface area contributed by atoms with Gasteiger partial charge in [-0.2, -0.15) is 0 Å². The summed E-state index contributed by atoms with van der Waals surface area (Å²) in [5, 5.41) is 5.61. The largest absolute Gasteiger partial charge is 0.478 e. The van der Waals surface area contributed by atoms with E-state index in [1.54, 1.807) is 19.9 Å². The van der Waals surface area contributed by atoms with Crippen LogP contribution in [0.25, 0.3) is 11.3 Å². The minimum atomic E-state index is -1.11. The third-order valence-electron chi connectivity index (χ3n) is 4.07. The molecule has 1 aliphatic heterocycles. The summed E-state index contributed by atoms with van der Waals surface area (Å²) in [5.41, 5.74) is 0.814. The third kappa shape index (κ3) is 3.19. The molecule has 0 saturated carbocycles. The second-order valence-corrected chi connectivity index (χ2v) is 7.08. The highest BCUT2D eigenvalue weighted by Crippen LogP contribution is 2.42. The molecule has 0 unspecified atom stereocenters. The number of Topliss-reactive ketones (excluding diaryl/α,β-unsaturated/α-hetero) is 1. The number of hydrogen-bond acceptors (Lipinski definition) is 4. The first-order chi connectivity index (χ1) is 11.7. The van der Waals surface area contributed by atoms with Crippen LogP contribution in [0.2, 0.25) is 0 Å². The van der Waals surface area contributed by atoms with Gasteiger partial charge in [-0.3, -0.25) is 9.93 Å². The van der Waals surface area contributed by atoms with Crippen molar-refractivity contribution in [3.05, 3.63) is 64.7 Å². The zero-order chi connectivity index (χ0) is 18.4. The molecule has 0 atom stereocenters. The summed E-state index contributed by atoms with van der Waals surface area (Å²) in [4.78, 5) is 13.7. The molecule has 3 nitrogen and oxygen atoms in total. The fourth-order valence-corrected chi connectivity index (χ4v) is 3.23. The highest BCUT2D eigenvalue weighted by molar-refractivity contribution is 7.97. The standard InChI is InChI=1S/C19H17F2NO2S/c1-10-6-11(4-5-15(10)25-22)17-16(18(23)19(2,3)24-17)12-7-13(20)9-14(21)8-12/h4-9H,22H2,1-3H3. The molecule has 2 aromatic rings. The van der Waals surface area contributed by atoms with Crippen molar-refractivity contribution in [1.82, 2.24) is 0 Å². The minimum absolute atomic E-state index is 0.165. The van der Waals surface area contributed by atoms with Gasteiger partial charge < -0.3 is 4.74 Å². The molecule has 0 saturated heterocycles. The average molecular weight is 361 g/mol. The number of hydrogen-bond donors (Lipinski definition) is 1. The molecule has 25 heavy (non-hydrogen) atoms. The molecule has 2 N–H and O–H groups in total. The maximum atomic E-state index is 13.7. The highest BCUT2D eigenvalue weighted by Gasteiger charge is 2.43. The van der Waals surface area contributed by atoms with E-state index in [9.17, 15) is 13.6 Å². The lowest BCUT2D eigenvalue weighted by Gasteiger charge is -2.18. The Labute approximate surface area is 149 Å². The van der Waals surface area contributed by atoms with Crippen molar-refractivity contribution in [3.8, 4) is 0 Å². The zero-order valence-electron chi connectivity index (χ0n) is 14.0. The molecular weight excluding hydrogens is 344 g/mol. The first-order valence-electron chi connectivity index (χ1n) is 7.65. The number of ether oxygens (including phenoxy) is 1. The predicted molar refractivity (Wildman–Crippen MR) is 94.6 cm³/mol. The first-order valence-corrected chi connectivity index (χ1v) is 8.53. The molecule has 0 spiro atoms. The summed E-state index contributed by atoms with van der Waals surface area (Å²) < 4.78 is 33.2. The second-order valence-electron chi connectivity index (χ2n) is 6.40. The Morgan fingerprint density at radius 2 is 1.68 bits per heavy atom. The summed E-state index contributed by atoms with van der Waals surface area (Å²) in [6, 6.07) is 8.49. The van der Waals surface area contributed by atoms with E-state index in [1.807, 2.05) is 19.1 Å². The number of carbonyl (C=O) groups excluding carboxylic acids is 1. The fourth-order valence-electron chi connectivity index (χ4n) is 2.84. The van der Waals surface area contributed by atoms with Crippen molar-refractivity contribution in [3.63, 3.8) is 0 Å². The third-order valence-corrected chi connectivity index (χ3v) is 4.79. The smallest absolute Gasteiger partial charge is 0.210 e. The number of rotatable bonds is 3. The van der Waals surface area contributed by atoms with E-state index in [4.69, 9.17) is 9.88 Å². The fraction of sp³-hybridized carbons (Fsp3) is 0.211. The van der Waals surface area contributed by atoms with E-state index >= 15 is 0 Å². The van der Waals surface area contributed by atoms with Gasteiger partial charge in [0.2, 0.25) is 5.78 Å². The van der Waals surface area contributed by atoms with Gasteiger partial charge in [0, 0.05) is 16.5 Å². The molecule has 3 rings (SSSR count). The minimum Gasteiger partial charge on any atom is -0.478 e. The van der Waals surface area contributed by atoms with E-state index in [0.29, 0.717) is 11.3 Å². The molecule has 0 radical (unpaired) electrons. The number of carbonyl (C=O) groups is 1. The van der Waals surface area contributed by atoms with Crippen LogP contribution in [0.4, 0.5) is 8.78 Å². The van der Waals surface area contributed by atoms with E-state index in [2.05, 4.69) is 0 Å². The molecule has 6 heteroatoms. The van der Waals surface area contributed by atoms with Crippen LogP contribution in [0.15, 0.2) is 41.3 Å². The molecule has 0 aromatic heterocycles. The van der Waals surface area contributed by atoms with Gasteiger partial charge in [0.15, 0.2) is 5.60 Å². The molecule has 0 fully saturated rings. The van der Waals surface area contributed by atoms with Crippen LogP contribution in [0.3, 0.4) is 0 Å². The molecule has 130 valence electrons. The Hall–Kier alpha value is -2.18. The zero-order valence-corrected chi connectivity index (χ0v) is 14.8. The topological polar surface area (TPSA) is 52.3 Å². The average Bonchev–Trinajstić information content (AvgIpc) is 2.76. The number of benzene rings is 2. The summed E-state index contributed by atoms with van der Waals surface area (Å²) >= 11 is 1.13. The Morgan fingerprint density at radius 1 is 1.04 bits per heavy atom. The van der Waals surface area contributed by atoms with Gasteiger partial charge in [-0.1, -0.05) is 6.07 Å². The van der Waals surface area contributed by atoms with Crippen molar-refractivity contribution < 1.29 is 18.3 Å². The first kappa shape index (κ1) is 17.6. The highest BCUT2D eigenvalue weighted by atomic mass is 32.2.